The molecule has 2 nitrogen and oxygen atoms in total. The van der Waals surface area contributed by atoms with Crippen LogP contribution in [0.25, 0.3) is 0 Å². The number of nitriles is 1. The van der Waals surface area contributed by atoms with Crippen LogP contribution in [-0.4, -0.2) is 6.54 Å². The van der Waals surface area contributed by atoms with E-state index in [0.29, 0.717) is 6.04 Å². The zero-order valence-corrected chi connectivity index (χ0v) is 9.39. The van der Waals surface area contributed by atoms with Crippen LogP contribution in [0.1, 0.15) is 36.4 Å². The first kappa shape index (κ1) is 12.0. The Morgan fingerprint density at radius 3 is 2.87 bits per heavy atom. The molecule has 1 unspecified atom stereocenters. The van der Waals surface area contributed by atoms with Gasteiger partial charge in [0.25, 0.3) is 0 Å². The van der Waals surface area contributed by atoms with E-state index in [2.05, 4.69) is 17.5 Å². The maximum atomic E-state index is 8.79. The van der Waals surface area contributed by atoms with Crippen LogP contribution in [0.4, 0.5) is 0 Å². The summed E-state index contributed by atoms with van der Waals surface area (Å²) in [4.78, 5) is 0. The quantitative estimate of drug-likeness (QED) is 0.793. The Bertz CT molecular complexity index is 351. The van der Waals surface area contributed by atoms with Crippen LogP contribution in [0.15, 0.2) is 24.3 Å². The molecular formula is C12H15ClN2. The van der Waals surface area contributed by atoms with Gasteiger partial charge < -0.3 is 5.32 Å². The molecule has 80 valence electrons. The summed E-state index contributed by atoms with van der Waals surface area (Å²) in [5.74, 6) is 0. The topological polar surface area (TPSA) is 35.8 Å². The molecule has 1 heterocycles. The number of nitrogens with zero attached hydrogens (tertiary/aromatic N) is 1. The number of hydrogen-bond acceptors (Lipinski definition) is 2. The molecule has 0 radical (unpaired) electrons. The van der Waals surface area contributed by atoms with Crippen LogP contribution >= 0.6 is 12.4 Å². The van der Waals surface area contributed by atoms with Gasteiger partial charge in [0.15, 0.2) is 0 Å². The average Bonchev–Trinajstić information content (AvgIpc) is 2.30. The van der Waals surface area contributed by atoms with E-state index in [4.69, 9.17) is 5.26 Å². The zero-order valence-electron chi connectivity index (χ0n) is 8.57. The van der Waals surface area contributed by atoms with Gasteiger partial charge in [0.05, 0.1) is 11.6 Å². The first-order chi connectivity index (χ1) is 6.90. The fourth-order valence-corrected chi connectivity index (χ4v) is 1.96. The van der Waals surface area contributed by atoms with Gasteiger partial charge >= 0.3 is 0 Å². The molecule has 1 N–H and O–H groups in total. The molecule has 2 rings (SSSR count). The number of nitrogens with one attached hydrogen (secondary N) is 1. The van der Waals surface area contributed by atoms with Crippen LogP contribution in [0.5, 0.6) is 0 Å². The highest BCUT2D eigenvalue weighted by Crippen LogP contribution is 2.23. The molecule has 0 aromatic heterocycles. The minimum atomic E-state index is 0. The summed E-state index contributed by atoms with van der Waals surface area (Å²) in [7, 11) is 0. The smallest absolute Gasteiger partial charge is 0.0991 e. The van der Waals surface area contributed by atoms with Crippen LogP contribution in [0.2, 0.25) is 0 Å². The van der Waals surface area contributed by atoms with Crippen molar-refractivity contribution >= 4 is 12.4 Å². The summed E-state index contributed by atoms with van der Waals surface area (Å²) in [6, 6.07) is 10.5. The molecule has 1 saturated heterocycles. The van der Waals surface area contributed by atoms with Crippen molar-refractivity contribution in [1.82, 2.24) is 5.32 Å². The van der Waals surface area contributed by atoms with E-state index in [9.17, 15) is 0 Å². The molecule has 0 aliphatic carbocycles. The highest BCUT2D eigenvalue weighted by atomic mass is 35.5. The lowest BCUT2D eigenvalue weighted by Gasteiger charge is -2.23. The molecular weight excluding hydrogens is 208 g/mol. The minimum Gasteiger partial charge on any atom is -0.310 e. The summed E-state index contributed by atoms with van der Waals surface area (Å²) in [5.41, 5.74) is 2.01. The Hall–Kier alpha value is -1.04. The fraction of sp³-hybridized carbons (Fsp3) is 0.417. The summed E-state index contributed by atoms with van der Waals surface area (Å²) >= 11 is 0. The molecule has 1 aliphatic heterocycles. The largest absolute Gasteiger partial charge is 0.310 e. The number of hydrogen-bond donors (Lipinski definition) is 1. The lowest BCUT2D eigenvalue weighted by atomic mass is 9.96. The second-order valence-corrected chi connectivity index (χ2v) is 3.74. The highest BCUT2D eigenvalue weighted by Gasteiger charge is 2.14. The van der Waals surface area contributed by atoms with Crippen molar-refractivity contribution in [3.8, 4) is 6.07 Å². The first-order valence-electron chi connectivity index (χ1n) is 5.13. The molecule has 0 amide bonds. The van der Waals surface area contributed by atoms with E-state index in [-0.39, 0.29) is 12.4 Å². The van der Waals surface area contributed by atoms with Gasteiger partial charge in [-0.25, -0.2) is 0 Å². The Kier molecular flexibility index (Phi) is 4.61. The molecule has 15 heavy (non-hydrogen) atoms. The normalized spacial score (nSPS) is 20.1. The third-order valence-electron chi connectivity index (χ3n) is 2.73. The van der Waals surface area contributed by atoms with E-state index >= 15 is 0 Å². The predicted octanol–water partition coefficient (Wildman–Crippen LogP) is 2.79. The third kappa shape index (κ3) is 2.95. The van der Waals surface area contributed by atoms with Gasteiger partial charge in [0, 0.05) is 6.04 Å². The van der Waals surface area contributed by atoms with Crippen molar-refractivity contribution in [2.45, 2.75) is 25.3 Å². The molecule has 1 atom stereocenters. The van der Waals surface area contributed by atoms with Gasteiger partial charge in [0.2, 0.25) is 0 Å². The van der Waals surface area contributed by atoms with E-state index in [1.165, 1.54) is 24.8 Å². The monoisotopic (exact) mass is 222 g/mol. The molecule has 0 bridgehead atoms. The minimum absolute atomic E-state index is 0. The number of rotatable bonds is 1. The van der Waals surface area contributed by atoms with Crippen LogP contribution in [0.3, 0.4) is 0 Å². The Morgan fingerprint density at radius 2 is 2.20 bits per heavy atom. The average molecular weight is 223 g/mol. The van der Waals surface area contributed by atoms with Crippen molar-refractivity contribution in [3.05, 3.63) is 35.4 Å². The molecule has 1 fully saturated rings. The van der Waals surface area contributed by atoms with Crippen molar-refractivity contribution in [3.63, 3.8) is 0 Å². The second kappa shape index (κ2) is 5.75. The van der Waals surface area contributed by atoms with Crippen LogP contribution < -0.4 is 5.32 Å². The Balaban J connectivity index is 0.00000112. The maximum absolute atomic E-state index is 8.79. The standard InChI is InChI=1S/C12H14N2.ClH/c13-9-10-4-3-5-11(8-10)12-6-1-2-7-14-12;/h3-5,8,12,14H,1-2,6-7H2;1H. The SMILES string of the molecule is Cl.N#Cc1cccc(C2CCCCN2)c1. The van der Waals surface area contributed by atoms with Gasteiger partial charge in [-0.15, -0.1) is 12.4 Å². The number of halogens is 1. The highest BCUT2D eigenvalue weighted by molar-refractivity contribution is 5.85. The van der Waals surface area contributed by atoms with Gasteiger partial charge in [-0.3, -0.25) is 0 Å². The predicted molar refractivity (Wildman–Crippen MR) is 63.0 cm³/mol. The van der Waals surface area contributed by atoms with Crippen molar-refractivity contribution in [1.29, 1.82) is 5.26 Å². The van der Waals surface area contributed by atoms with Crippen molar-refractivity contribution in [2.24, 2.45) is 0 Å². The van der Waals surface area contributed by atoms with E-state index in [1.54, 1.807) is 0 Å². The Labute approximate surface area is 96.7 Å². The first-order valence-corrected chi connectivity index (χ1v) is 5.13. The second-order valence-electron chi connectivity index (χ2n) is 3.74. The van der Waals surface area contributed by atoms with E-state index in [0.717, 1.165) is 12.1 Å². The van der Waals surface area contributed by atoms with Gasteiger partial charge in [0.1, 0.15) is 0 Å². The van der Waals surface area contributed by atoms with Crippen molar-refractivity contribution in [2.75, 3.05) is 6.54 Å². The molecule has 3 heteroatoms. The molecule has 1 aliphatic rings. The van der Waals surface area contributed by atoms with Gasteiger partial charge in [-0.05, 0) is 37.1 Å². The lowest BCUT2D eigenvalue weighted by molar-refractivity contribution is 0.412. The van der Waals surface area contributed by atoms with Crippen molar-refractivity contribution < 1.29 is 0 Å². The fourth-order valence-electron chi connectivity index (χ4n) is 1.96. The summed E-state index contributed by atoms with van der Waals surface area (Å²) in [6.45, 7) is 1.10. The van der Waals surface area contributed by atoms with E-state index < -0.39 is 0 Å². The third-order valence-corrected chi connectivity index (χ3v) is 2.73. The van der Waals surface area contributed by atoms with Gasteiger partial charge in [-0.2, -0.15) is 5.26 Å². The summed E-state index contributed by atoms with van der Waals surface area (Å²) in [5, 5.41) is 12.3. The number of benzene rings is 1. The maximum Gasteiger partial charge on any atom is 0.0991 e. The summed E-state index contributed by atoms with van der Waals surface area (Å²) in [6.07, 6.45) is 3.75. The summed E-state index contributed by atoms with van der Waals surface area (Å²) < 4.78 is 0. The zero-order chi connectivity index (χ0) is 9.80. The van der Waals surface area contributed by atoms with Gasteiger partial charge in [-0.1, -0.05) is 18.6 Å². The molecule has 0 spiro atoms. The lowest BCUT2D eigenvalue weighted by Crippen LogP contribution is -2.26. The molecule has 0 saturated carbocycles. The van der Waals surface area contributed by atoms with E-state index in [1.807, 2.05) is 18.2 Å². The van der Waals surface area contributed by atoms with Crippen LogP contribution in [0, 0.1) is 11.3 Å². The molecule has 1 aromatic carbocycles. The Morgan fingerprint density at radius 1 is 1.33 bits per heavy atom. The molecule has 1 aromatic rings. The van der Waals surface area contributed by atoms with Crippen LogP contribution in [-0.2, 0) is 0 Å². The number of piperidine rings is 1.